The number of ether oxygens (including phenoxy) is 1. The predicted molar refractivity (Wildman–Crippen MR) is 108 cm³/mol. The SMILES string of the molecule is COCC(=O)Nc1nc2n(n1)[C@H](c1ccccc1)C[C@@H](c1ccc(Cl)cc1)N2. The summed E-state index contributed by atoms with van der Waals surface area (Å²) in [6, 6.07) is 18.0. The highest BCUT2D eigenvalue weighted by Gasteiger charge is 2.31. The highest BCUT2D eigenvalue weighted by molar-refractivity contribution is 6.30. The Morgan fingerprint density at radius 2 is 1.96 bits per heavy atom. The van der Waals surface area contributed by atoms with Crippen LogP contribution in [0.15, 0.2) is 54.6 Å². The normalized spacial score (nSPS) is 18.2. The Labute approximate surface area is 167 Å². The van der Waals surface area contributed by atoms with Crippen LogP contribution in [0.25, 0.3) is 0 Å². The van der Waals surface area contributed by atoms with E-state index in [0.717, 1.165) is 17.5 Å². The van der Waals surface area contributed by atoms with Crippen molar-refractivity contribution in [1.82, 2.24) is 14.8 Å². The number of nitrogens with one attached hydrogen (secondary N) is 2. The number of carbonyl (C=O) groups excluding carboxylic acids is 1. The Hall–Kier alpha value is -2.90. The summed E-state index contributed by atoms with van der Waals surface area (Å²) in [5, 5.41) is 11.3. The zero-order valence-electron chi connectivity index (χ0n) is 15.3. The van der Waals surface area contributed by atoms with E-state index < -0.39 is 0 Å². The maximum absolute atomic E-state index is 11.8. The summed E-state index contributed by atoms with van der Waals surface area (Å²) in [5.74, 6) is 0.561. The fraction of sp³-hybridized carbons (Fsp3) is 0.250. The largest absolute Gasteiger partial charge is 0.375 e. The van der Waals surface area contributed by atoms with Gasteiger partial charge in [0.2, 0.25) is 5.95 Å². The van der Waals surface area contributed by atoms with Crippen molar-refractivity contribution in [3.8, 4) is 0 Å². The molecule has 0 radical (unpaired) electrons. The summed E-state index contributed by atoms with van der Waals surface area (Å²) < 4.78 is 6.68. The lowest BCUT2D eigenvalue weighted by molar-refractivity contribution is -0.119. The van der Waals surface area contributed by atoms with Gasteiger partial charge in [-0.25, -0.2) is 4.68 Å². The molecule has 2 aromatic carbocycles. The van der Waals surface area contributed by atoms with Crippen LogP contribution in [0.1, 0.15) is 29.6 Å². The summed E-state index contributed by atoms with van der Waals surface area (Å²) in [6.45, 7) is -0.0488. The molecule has 3 aromatic rings. The van der Waals surface area contributed by atoms with Crippen LogP contribution in [0, 0.1) is 0 Å². The molecule has 1 aliphatic heterocycles. The van der Waals surface area contributed by atoms with Gasteiger partial charge in [0.25, 0.3) is 11.9 Å². The van der Waals surface area contributed by atoms with Gasteiger partial charge in [-0.2, -0.15) is 4.98 Å². The summed E-state index contributed by atoms with van der Waals surface area (Å²) in [7, 11) is 1.47. The Morgan fingerprint density at radius 1 is 1.21 bits per heavy atom. The molecule has 2 atom stereocenters. The number of nitrogens with zero attached hydrogens (tertiary/aromatic N) is 3. The Bertz CT molecular complexity index is 958. The Balaban J connectivity index is 1.68. The van der Waals surface area contributed by atoms with Crippen molar-refractivity contribution in [1.29, 1.82) is 0 Å². The van der Waals surface area contributed by atoms with Crippen molar-refractivity contribution in [3.05, 3.63) is 70.7 Å². The molecule has 0 saturated carbocycles. The number of rotatable bonds is 5. The zero-order chi connectivity index (χ0) is 19.5. The molecule has 7 nitrogen and oxygen atoms in total. The van der Waals surface area contributed by atoms with Crippen molar-refractivity contribution in [2.75, 3.05) is 24.4 Å². The molecular formula is C20H20ClN5O2. The van der Waals surface area contributed by atoms with E-state index in [2.05, 4.69) is 32.8 Å². The van der Waals surface area contributed by atoms with E-state index in [1.54, 1.807) is 0 Å². The molecule has 4 rings (SSSR count). The van der Waals surface area contributed by atoms with Crippen molar-refractivity contribution >= 4 is 29.4 Å². The van der Waals surface area contributed by atoms with Gasteiger partial charge < -0.3 is 10.1 Å². The highest BCUT2D eigenvalue weighted by Crippen LogP contribution is 2.38. The lowest BCUT2D eigenvalue weighted by Crippen LogP contribution is -2.28. The molecule has 144 valence electrons. The third-order valence-electron chi connectivity index (χ3n) is 4.67. The van der Waals surface area contributed by atoms with Crippen molar-refractivity contribution < 1.29 is 9.53 Å². The topological polar surface area (TPSA) is 81.1 Å². The van der Waals surface area contributed by atoms with Gasteiger partial charge in [0.15, 0.2) is 0 Å². The van der Waals surface area contributed by atoms with Crippen LogP contribution in [-0.2, 0) is 9.53 Å². The maximum Gasteiger partial charge on any atom is 0.252 e. The van der Waals surface area contributed by atoms with E-state index >= 15 is 0 Å². The third kappa shape index (κ3) is 3.85. The molecule has 1 aromatic heterocycles. The molecule has 2 heterocycles. The lowest BCUT2D eigenvalue weighted by atomic mass is 9.93. The van der Waals surface area contributed by atoms with Gasteiger partial charge in [-0.3, -0.25) is 10.1 Å². The number of amides is 1. The summed E-state index contributed by atoms with van der Waals surface area (Å²) >= 11 is 6.04. The number of carbonyl (C=O) groups is 1. The lowest BCUT2D eigenvalue weighted by Gasteiger charge is -2.31. The molecule has 8 heteroatoms. The van der Waals surface area contributed by atoms with E-state index in [4.69, 9.17) is 16.3 Å². The average Bonchev–Trinajstić information content (AvgIpc) is 3.10. The number of hydrogen-bond acceptors (Lipinski definition) is 5. The van der Waals surface area contributed by atoms with Crippen LogP contribution in [0.2, 0.25) is 5.02 Å². The number of methoxy groups -OCH3 is 1. The molecule has 28 heavy (non-hydrogen) atoms. The molecule has 1 amide bonds. The minimum Gasteiger partial charge on any atom is -0.375 e. The molecule has 2 N–H and O–H groups in total. The molecular weight excluding hydrogens is 378 g/mol. The maximum atomic E-state index is 11.8. The molecule has 0 unspecified atom stereocenters. The second-order valence-electron chi connectivity index (χ2n) is 6.60. The predicted octanol–water partition coefficient (Wildman–Crippen LogP) is 3.66. The number of hydrogen-bond donors (Lipinski definition) is 2. The van der Waals surface area contributed by atoms with Crippen LogP contribution < -0.4 is 10.6 Å². The van der Waals surface area contributed by atoms with Crippen LogP contribution in [0.5, 0.6) is 0 Å². The van der Waals surface area contributed by atoms with Crippen molar-refractivity contribution in [2.24, 2.45) is 0 Å². The number of aromatic nitrogens is 3. The summed E-state index contributed by atoms with van der Waals surface area (Å²) in [6.07, 6.45) is 0.785. The average molecular weight is 398 g/mol. The monoisotopic (exact) mass is 397 g/mol. The third-order valence-corrected chi connectivity index (χ3v) is 4.92. The number of benzene rings is 2. The Morgan fingerprint density at radius 3 is 2.68 bits per heavy atom. The van der Waals surface area contributed by atoms with Crippen molar-refractivity contribution in [3.63, 3.8) is 0 Å². The zero-order valence-corrected chi connectivity index (χ0v) is 16.1. The molecule has 0 fully saturated rings. The fourth-order valence-corrected chi connectivity index (χ4v) is 3.51. The standard InChI is InChI=1S/C20H20ClN5O2/c1-28-12-18(27)23-19-24-20-22-16(13-7-9-15(21)10-8-13)11-17(26(20)25-19)14-5-3-2-4-6-14/h2-10,16-17H,11-12H2,1H3,(H2,22,23,24,25,27)/t16-,17-/m0/s1. The second kappa shape index (κ2) is 8.00. The van der Waals surface area contributed by atoms with Crippen LogP contribution in [0.4, 0.5) is 11.9 Å². The molecule has 1 aliphatic rings. The summed E-state index contributed by atoms with van der Waals surface area (Å²) in [5.41, 5.74) is 2.24. The van der Waals surface area contributed by atoms with Gasteiger partial charge in [0.05, 0.1) is 12.1 Å². The van der Waals surface area contributed by atoms with E-state index in [9.17, 15) is 4.79 Å². The second-order valence-corrected chi connectivity index (χ2v) is 7.03. The van der Waals surface area contributed by atoms with E-state index in [-0.39, 0.29) is 30.5 Å². The molecule has 0 aliphatic carbocycles. The van der Waals surface area contributed by atoms with E-state index in [1.165, 1.54) is 7.11 Å². The minimum atomic E-state index is -0.295. The fourth-order valence-electron chi connectivity index (χ4n) is 3.39. The first-order valence-electron chi connectivity index (χ1n) is 8.96. The first-order valence-corrected chi connectivity index (χ1v) is 9.34. The van der Waals surface area contributed by atoms with Crippen LogP contribution in [-0.4, -0.2) is 34.4 Å². The van der Waals surface area contributed by atoms with Gasteiger partial charge >= 0.3 is 0 Å². The smallest absolute Gasteiger partial charge is 0.252 e. The van der Waals surface area contributed by atoms with Gasteiger partial charge in [0.1, 0.15) is 6.61 Å². The molecule has 0 saturated heterocycles. The van der Waals surface area contributed by atoms with Gasteiger partial charge in [-0.05, 0) is 29.7 Å². The quantitative estimate of drug-likeness (QED) is 0.686. The van der Waals surface area contributed by atoms with Crippen molar-refractivity contribution in [2.45, 2.75) is 18.5 Å². The number of anilines is 2. The Kier molecular flexibility index (Phi) is 5.27. The molecule has 0 spiro atoms. The number of fused-ring (bicyclic) bond motifs is 1. The van der Waals surface area contributed by atoms with E-state index in [0.29, 0.717) is 11.0 Å². The highest BCUT2D eigenvalue weighted by atomic mass is 35.5. The minimum absolute atomic E-state index is 0.0151. The van der Waals surface area contributed by atoms with Crippen LogP contribution in [0.3, 0.4) is 0 Å². The summed E-state index contributed by atoms with van der Waals surface area (Å²) in [4.78, 5) is 16.3. The van der Waals surface area contributed by atoms with Gasteiger partial charge in [-0.15, -0.1) is 5.10 Å². The van der Waals surface area contributed by atoms with Gasteiger partial charge in [0, 0.05) is 12.1 Å². The van der Waals surface area contributed by atoms with Gasteiger partial charge in [-0.1, -0.05) is 54.1 Å². The first-order chi connectivity index (χ1) is 13.6. The number of halogens is 1. The first kappa shape index (κ1) is 18.5. The van der Waals surface area contributed by atoms with E-state index in [1.807, 2.05) is 47.1 Å². The molecule has 0 bridgehead atoms. The van der Waals surface area contributed by atoms with Crippen LogP contribution >= 0.6 is 11.6 Å².